The molecule has 0 unspecified atom stereocenters. The minimum atomic E-state index is -4.18. The average Bonchev–Trinajstić information content (AvgIpc) is 2.00. The predicted molar refractivity (Wildman–Crippen MR) is 52.8 cm³/mol. The average molecular weight is 323 g/mol. The van der Waals surface area contributed by atoms with Gasteiger partial charge in [0, 0.05) is 16.9 Å². The summed E-state index contributed by atoms with van der Waals surface area (Å²) in [6.45, 7) is 0. The van der Waals surface area contributed by atoms with E-state index >= 15 is 0 Å². The fourth-order valence-electron chi connectivity index (χ4n) is 0.877. The summed E-state index contributed by atoms with van der Waals surface area (Å²) in [5.41, 5.74) is -2.03. The first kappa shape index (κ1) is 12.6. The number of hydrogen-bond acceptors (Lipinski definition) is 3. The van der Waals surface area contributed by atoms with Crippen molar-refractivity contribution in [3.63, 3.8) is 0 Å². The maximum Gasteiger partial charge on any atom is 0.270 e. The standard InChI is InChI=1S/C6H3BrClF2NO3S/c7-4-2(15(8,13)14)1-11-6(12)3(4)5(9)10/h1,5H,(H,11,12). The third-order valence-electron chi connectivity index (χ3n) is 1.51. The Labute approximate surface area is 95.8 Å². The summed E-state index contributed by atoms with van der Waals surface area (Å²) < 4.78 is 46.0. The van der Waals surface area contributed by atoms with E-state index in [2.05, 4.69) is 15.9 Å². The van der Waals surface area contributed by atoms with Gasteiger partial charge in [0.2, 0.25) is 0 Å². The molecule has 0 amide bonds. The molecule has 0 aromatic carbocycles. The molecule has 0 radical (unpaired) electrons. The number of pyridine rings is 1. The van der Waals surface area contributed by atoms with Crippen LogP contribution in [0.15, 0.2) is 20.4 Å². The summed E-state index contributed by atoms with van der Waals surface area (Å²) in [7, 11) is 0.784. The smallest absolute Gasteiger partial charge is 0.270 e. The number of halogens is 4. The topological polar surface area (TPSA) is 67.0 Å². The van der Waals surface area contributed by atoms with Crippen LogP contribution >= 0.6 is 26.6 Å². The van der Waals surface area contributed by atoms with Crippen molar-refractivity contribution >= 4 is 35.7 Å². The van der Waals surface area contributed by atoms with Gasteiger partial charge in [-0.1, -0.05) is 0 Å². The number of aromatic nitrogens is 1. The molecule has 0 aliphatic carbocycles. The van der Waals surface area contributed by atoms with E-state index < -0.39 is 36.0 Å². The molecule has 1 rings (SSSR count). The number of hydrogen-bond donors (Lipinski definition) is 1. The Bertz CT molecular complexity index is 542. The molecule has 9 heteroatoms. The van der Waals surface area contributed by atoms with E-state index in [0.29, 0.717) is 0 Å². The van der Waals surface area contributed by atoms with E-state index in [0.717, 1.165) is 6.20 Å². The van der Waals surface area contributed by atoms with Crippen LogP contribution in [0.3, 0.4) is 0 Å². The minimum absolute atomic E-state index is 0.517. The summed E-state index contributed by atoms with van der Waals surface area (Å²) >= 11 is 2.60. The van der Waals surface area contributed by atoms with Crippen molar-refractivity contribution in [2.75, 3.05) is 0 Å². The zero-order valence-electron chi connectivity index (χ0n) is 6.80. The molecule has 0 aliphatic heterocycles. The molecule has 1 aromatic heterocycles. The molecule has 4 nitrogen and oxygen atoms in total. The SMILES string of the molecule is O=c1[nH]cc(S(=O)(=O)Cl)c(Br)c1C(F)F. The molecule has 0 bridgehead atoms. The molecule has 1 N–H and O–H groups in total. The van der Waals surface area contributed by atoms with E-state index in [1.54, 1.807) is 0 Å². The first-order valence-electron chi connectivity index (χ1n) is 3.39. The minimum Gasteiger partial charge on any atom is -0.327 e. The molecule has 0 spiro atoms. The van der Waals surface area contributed by atoms with Crippen molar-refractivity contribution in [2.45, 2.75) is 11.3 Å². The van der Waals surface area contributed by atoms with E-state index in [-0.39, 0.29) is 0 Å². The third kappa shape index (κ3) is 2.56. The van der Waals surface area contributed by atoms with E-state index in [4.69, 9.17) is 10.7 Å². The molecule has 15 heavy (non-hydrogen) atoms. The highest BCUT2D eigenvalue weighted by Gasteiger charge is 2.24. The lowest BCUT2D eigenvalue weighted by atomic mass is 10.3. The largest absolute Gasteiger partial charge is 0.327 e. The molecule has 1 heterocycles. The Morgan fingerprint density at radius 3 is 2.40 bits per heavy atom. The third-order valence-corrected chi connectivity index (χ3v) is 3.98. The van der Waals surface area contributed by atoms with Crippen LogP contribution in [0.25, 0.3) is 0 Å². The molecule has 1 aromatic rings. The van der Waals surface area contributed by atoms with Gasteiger partial charge in [-0.05, 0) is 15.9 Å². The number of nitrogens with one attached hydrogen (secondary N) is 1. The fraction of sp³-hybridized carbons (Fsp3) is 0.167. The highest BCUT2D eigenvalue weighted by molar-refractivity contribution is 9.10. The van der Waals surface area contributed by atoms with Crippen LogP contribution in [0.4, 0.5) is 8.78 Å². The number of alkyl halides is 2. The molecular formula is C6H3BrClF2NO3S. The van der Waals surface area contributed by atoms with Crippen LogP contribution in [0, 0.1) is 0 Å². The molecular weight excluding hydrogens is 319 g/mol. The quantitative estimate of drug-likeness (QED) is 0.847. The number of H-pyrrole nitrogens is 1. The van der Waals surface area contributed by atoms with Gasteiger partial charge in [0.25, 0.3) is 21.0 Å². The Kier molecular flexibility index (Phi) is 3.51. The lowest BCUT2D eigenvalue weighted by molar-refractivity contribution is 0.148. The van der Waals surface area contributed by atoms with Crippen LogP contribution in [0.5, 0.6) is 0 Å². The number of rotatable bonds is 2. The highest BCUT2D eigenvalue weighted by Crippen LogP contribution is 2.30. The van der Waals surface area contributed by atoms with Gasteiger partial charge in [0.1, 0.15) is 4.90 Å². The second-order valence-corrected chi connectivity index (χ2v) is 5.78. The second kappa shape index (κ2) is 4.18. The Morgan fingerprint density at radius 1 is 1.47 bits per heavy atom. The van der Waals surface area contributed by atoms with Crippen LogP contribution in [0.1, 0.15) is 12.0 Å². The van der Waals surface area contributed by atoms with E-state index in [1.807, 2.05) is 4.98 Å². The van der Waals surface area contributed by atoms with Crippen molar-refractivity contribution < 1.29 is 17.2 Å². The van der Waals surface area contributed by atoms with Crippen LogP contribution in [0.2, 0.25) is 0 Å². The van der Waals surface area contributed by atoms with E-state index in [9.17, 15) is 22.0 Å². The summed E-state index contributed by atoms with van der Waals surface area (Å²) in [6.07, 6.45) is -2.35. The lowest BCUT2D eigenvalue weighted by Gasteiger charge is -2.05. The van der Waals surface area contributed by atoms with Crippen molar-refractivity contribution in [1.82, 2.24) is 4.98 Å². The van der Waals surface area contributed by atoms with Gasteiger partial charge in [-0.2, -0.15) is 0 Å². The van der Waals surface area contributed by atoms with Crippen molar-refractivity contribution in [1.29, 1.82) is 0 Å². The zero-order chi connectivity index (χ0) is 11.8. The van der Waals surface area contributed by atoms with Crippen LogP contribution in [-0.4, -0.2) is 13.4 Å². The summed E-state index contributed by atoms with van der Waals surface area (Å²) in [6, 6.07) is 0. The van der Waals surface area contributed by atoms with Crippen molar-refractivity contribution in [3.8, 4) is 0 Å². The van der Waals surface area contributed by atoms with Crippen LogP contribution < -0.4 is 5.56 Å². The van der Waals surface area contributed by atoms with Crippen molar-refractivity contribution in [2.24, 2.45) is 0 Å². The second-order valence-electron chi connectivity index (χ2n) is 2.45. The van der Waals surface area contributed by atoms with Gasteiger partial charge in [-0.15, -0.1) is 0 Å². The molecule has 0 saturated carbocycles. The monoisotopic (exact) mass is 321 g/mol. The van der Waals surface area contributed by atoms with Gasteiger partial charge in [-0.3, -0.25) is 4.79 Å². The fourth-order valence-corrected chi connectivity index (χ4v) is 3.15. The predicted octanol–water partition coefficient (Wildman–Crippen LogP) is 2.00. The molecule has 0 aliphatic rings. The summed E-state index contributed by atoms with van der Waals surface area (Å²) in [4.78, 5) is 12.2. The molecule has 0 fully saturated rings. The zero-order valence-corrected chi connectivity index (χ0v) is 9.96. The van der Waals surface area contributed by atoms with Crippen molar-refractivity contribution in [3.05, 3.63) is 26.6 Å². The van der Waals surface area contributed by atoms with E-state index in [1.165, 1.54) is 0 Å². The Balaban J connectivity index is 3.64. The van der Waals surface area contributed by atoms with Gasteiger partial charge < -0.3 is 4.98 Å². The highest BCUT2D eigenvalue weighted by atomic mass is 79.9. The molecule has 84 valence electrons. The summed E-state index contributed by atoms with van der Waals surface area (Å²) in [5, 5.41) is 0. The van der Waals surface area contributed by atoms with Gasteiger partial charge in [-0.25, -0.2) is 17.2 Å². The van der Waals surface area contributed by atoms with Gasteiger partial charge in [0.05, 0.1) is 10.0 Å². The Morgan fingerprint density at radius 2 is 2.00 bits per heavy atom. The maximum absolute atomic E-state index is 12.4. The summed E-state index contributed by atoms with van der Waals surface area (Å²) in [5.74, 6) is 0. The maximum atomic E-state index is 12.4. The van der Waals surface area contributed by atoms with Gasteiger partial charge in [0.15, 0.2) is 0 Å². The number of aromatic amines is 1. The van der Waals surface area contributed by atoms with Gasteiger partial charge >= 0.3 is 0 Å². The molecule has 0 saturated heterocycles. The Hall–Kier alpha value is -0.470. The van der Waals surface area contributed by atoms with Crippen LogP contribution in [-0.2, 0) is 9.05 Å². The molecule has 0 atom stereocenters. The first-order valence-corrected chi connectivity index (χ1v) is 6.49. The first-order chi connectivity index (χ1) is 6.75. The normalized spacial score (nSPS) is 12.1. The lowest BCUT2D eigenvalue weighted by Crippen LogP contribution is -2.15.